The van der Waals surface area contributed by atoms with Crippen LogP contribution in [0.3, 0.4) is 0 Å². The van der Waals surface area contributed by atoms with Gasteiger partial charge in [0.05, 0.1) is 0 Å². The lowest BCUT2D eigenvalue weighted by molar-refractivity contribution is 0.242. The van der Waals surface area contributed by atoms with E-state index >= 15 is 0 Å². The maximum atomic E-state index is 4.37. The Morgan fingerprint density at radius 3 is 2.25 bits per heavy atom. The largest absolute Gasteiger partial charge is 0.354 e. The maximum absolute atomic E-state index is 4.37. The quantitative estimate of drug-likeness (QED) is 0.440. The van der Waals surface area contributed by atoms with Crippen molar-refractivity contribution in [2.45, 2.75) is 69.5 Å². The van der Waals surface area contributed by atoms with Gasteiger partial charge in [-0.25, -0.2) is 0 Å². The van der Waals surface area contributed by atoms with E-state index in [1.54, 1.807) is 0 Å². The molecule has 0 aromatic carbocycles. The van der Waals surface area contributed by atoms with Crippen LogP contribution in [0.15, 0.2) is 4.99 Å². The zero-order valence-corrected chi connectivity index (χ0v) is 14.9. The number of hydrogen-bond donors (Lipinski definition) is 2. The molecular formula is C15H29IN4. The van der Waals surface area contributed by atoms with E-state index < -0.39 is 0 Å². The van der Waals surface area contributed by atoms with Crippen molar-refractivity contribution in [2.75, 3.05) is 20.1 Å². The minimum Gasteiger partial charge on any atom is -0.354 e. The van der Waals surface area contributed by atoms with Gasteiger partial charge in [-0.15, -0.1) is 24.0 Å². The molecule has 0 aromatic rings. The molecule has 2 N–H and O–H groups in total. The minimum absolute atomic E-state index is 0. The molecule has 3 rings (SSSR count). The number of likely N-dealkylation sites (tertiary alicyclic amines) is 1. The van der Waals surface area contributed by atoms with E-state index in [1.807, 2.05) is 7.05 Å². The van der Waals surface area contributed by atoms with Gasteiger partial charge in [0.25, 0.3) is 0 Å². The number of nitrogens with one attached hydrogen (secondary N) is 2. The topological polar surface area (TPSA) is 39.7 Å². The minimum atomic E-state index is 0. The van der Waals surface area contributed by atoms with Gasteiger partial charge in [-0.1, -0.05) is 12.8 Å². The fraction of sp³-hybridized carbons (Fsp3) is 0.933. The van der Waals surface area contributed by atoms with Gasteiger partial charge >= 0.3 is 0 Å². The van der Waals surface area contributed by atoms with Gasteiger partial charge in [0.15, 0.2) is 5.96 Å². The molecule has 0 radical (unpaired) electrons. The zero-order chi connectivity index (χ0) is 13.1. The number of aliphatic imine (C=N–C) groups is 1. The molecule has 3 aliphatic rings. The highest BCUT2D eigenvalue weighted by atomic mass is 127. The van der Waals surface area contributed by atoms with Gasteiger partial charge in [-0.2, -0.15) is 0 Å². The molecule has 2 aliphatic carbocycles. The summed E-state index contributed by atoms with van der Waals surface area (Å²) in [6.07, 6.45) is 11.0. The molecule has 4 nitrogen and oxygen atoms in total. The predicted molar refractivity (Wildman–Crippen MR) is 94.9 cm³/mol. The number of halogens is 1. The Bertz CT molecular complexity index is 324. The normalized spacial score (nSPS) is 29.1. The molecule has 1 unspecified atom stereocenters. The molecule has 2 saturated carbocycles. The molecule has 20 heavy (non-hydrogen) atoms. The molecule has 1 heterocycles. The first-order chi connectivity index (χ1) is 9.35. The molecule has 1 atom stereocenters. The molecule has 0 aromatic heterocycles. The van der Waals surface area contributed by atoms with Crippen LogP contribution in [0.1, 0.15) is 51.4 Å². The van der Waals surface area contributed by atoms with Crippen molar-refractivity contribution < 1.29 is 0 Å². The summed E-state index contributed by atoms with van der Waals surface area (Å²) in [4.78, 5) is 7.07. The summed E-state index contributed by atoms with van der Waals surface area (Å²) in [6.45, 7) is 2.47. The van der Waals surface area contributed by atoms with Crippen molar-refractivity contribution >= 4 is 29.9 Å². The zero-order valence-electron chi connectivity index (χ0n) is 12.6. The molecule has 5 heteroatoms. The summed E-state index contributed by atoms with van der Waals surface area (Å²) < 4.78 is 0. The lowest BCUT2D eigenvalue weighted by Gasteiger charge is -2.29. The third-order valence-electron chi connectivity index (χ3n) is 5.07. The molecule has 0 bridgehead atoms. The average molecular weight is 392 g/mol. The summed E-state index contributed by atoms with van der Waals surface area (Å²) >= 11 is 0. The second-order valence-corrected chi connectivity index (χ2v) is 6.41. The standard InChI is InChI=1S/C15H28N4.HI/c1-16-15(17-12-5-4-6-12)18-13-9-10-19(11-13)14-7-2-3-8-14;/h12-14H,2-11H2,1H3,(H2,16,17,18);1H. The molecule has 1 aliphatic heterocycles. The van der Waals surface area contributed by atoms with Gasteiger partial charge in [0.1, 0.15) is 0 Å². The molecule has 1 saturated heterocycles. The Hall–Kier alpha value is -0.0400. The second-order valence-electron chi connectivity index (χ2n) is 6.41. The maximum Gasteiger partial charge on any atom is 0.191 e. The Morgan fingerprint density at radius 2 is 1.65 bits per heavy atom. The van der Waals surface area contributed by atoms with E-state index in [4.69, 9.17) is 0 Å². The average Bonchev–Trinajstić information content (AvgIpc) is 3.02. The smallest absolute Gasteiger partial charge is 0.191 e. The highest BCUT2D eigenvalue weighted by Gasteiger charge is 2.30. The number of rotatable bonds is 3. The fourth-order valence-corrected chi connectivity index (χ4v) is 3.62. The van der Waals surface area contributed by atoms with Gasteiger partial charge in [-0.3, -0.25) is 9.89 Å². The highest BCUT2D eigenvalue weighted by Crippen LogP contribution is 2.26. The predicted octanol–water partition coefficient (Wildman–Crippen LogP) is 2.34. The third kappa shape index (κ3) is 4.00. The van der Waals surface area contributed by atoms with E-state index in [-0.39, 0.29) is 24.0 Å². The van der Waals surface area contributed by atoms with Crippen molar-refractivity contribution in [1.82, 2.24) is 15.5 Å². The molecular weight excluding hydrogens is 363 g/mol. The van der Waals surface area contributed by atoms with Gasteiger partial charge in [-0.05, 0) is 38.5 Å². The number of hydrogen-bond acceptors (Lipinski definition) is 2. The second kappa shape index (κ2) is 7.82. The summed E-state index contributed by atoms with van der Waals surface area (Å²) in [7, 11) is 1.89. The first-order valence-electron chi connectivity index (χ1n) is 8.09. The van der Waals surface area contributed by atoms with E-state index in [0.29, 0.717) is 12.1 Å². The van der Waals surface area contributed by atoms with Crippen LogP contribution in [-0.4, -0.2) is 49.1 Å². The first-order valence-corrected chi connectivity index (χ1v) is 8.09. The summed E-state index contributed by atoms with van der Waals surface area (Å²) in [5.74, 6) is 1.02. The fourth-order valence-electron chi connectivity index (χ4n) is 3.62. The number of guanidine groups is 1. The summed E-state index contributed by atoms with van der Waals surface area (Å²) in [5.41, 5.74) is 0. The lowest BCUT2D eigenvalue weighted by Crippen LogP contribution is -2.50. The van der Waals surface area contributed by atoms with Crippen molar-refractivity contribution in [2.24, 2.45) is 4.99 Å². The summed E-state index contributed by atoms with van der Waals surface area (Å²) in [5, 5.41) is 7.15. The highest BCUT2D eigenvalue weighted by molar-refractivity contribution is 14.0. The van der Waals surface area contributed by atoms with Gasteiger partial charge in [0.2, 0.25) is 0 Å². The molecule has 0 spiro atoms. The van der Waals surface area contributed by atoms with Crippen molar-refractivity contribution in [3.05, 3.63) is 0 Å². The van der Waals surface area contributed by atoms with Gasteiger partial charge < -0.3 is 10.6 Å². The summed E-state index contributed by atoms with van der Waals surface area (Å²) in [6, 6.07) is 2.12. The van der Waals surface area contributed by atoms with E-state index in [2.05, 4.69) is 20.5 Å². The van der Waals surface area contributed by atoms with Crippen LogP contribution < -0.4 is 10.6 Å². The van der Waals surface area contributed by atoms with Crippen LogP contribution >= 0.6 is 24.0 Å². The SMILES string of the molecule is CN=C(NC1CCC1)NC1CCN(C2CCCC2)C1.I. The van der Waals surface area contributed by atoms with Crippen LogP contribution in [0.25, 0.3) is 0 Å². The van der Waals surface area contributed by atoms with E-state index in [9.17, 15) is 0 Å². The molecule has 3 fully saturated rings. The van der Waals surface area contributed by atoms with Crippen molar-refractivity contribution in [1.29, 1.82) is 0 Å². The first kappa shape index (κ1) is 16.3. The Morgan fingerprint density at radius 1 is 0.950 bits per heavy atom. The Balaban J connectivity index is 0.00000147. The number of nitrogens with zero attached hydrogens (tertiary/aromatic N) is 2. The Labute approximate surface area is 140 Å². The van der Waals surface area contributed by atoms with Gasteiger partial charge in [0, 0.05) is 38.3 Å². The molecule has 0 amide bonds. The van der Waals surface area contributed by atoms with Crippen LogP contribution in [0.2, 0.25) is 0 Å². The van der Waals surface area contributed by atoms with E-state index in [1.165, 1.54) is 64.5 Å². The third-order valence-corrected chi connectivity index (χ3v) is 5.07. The van der Waals surface area contributed by atoms with Crippen molar-refractivity contribution in [3.63, 3.8) is 0 Å². The van der Waals surface area contributed by atoms with Crippen LogP contribution in [0, 0.1) is 0 Å². The van der Waals surface area contributed by atoms with Crippen LogP contribution in [0.5, 0.6) is 0 Å². The van der Waals surface area contributed by atoms with Crippen LogP contribution in [-0.2, 0) is 0 Å². The molecule has 116 valence electrons. The Kier molecular flexibility index (Phi) is 6.39. The lowest BCUT2D eigenvalue weighted by atomic mass is 9.93. The monoisotopic (exact) mass is 392 g/mol. The van der Waals surface area contributed by atoms with Crippen LogP contribution in [0.4, 0.5) is 0 Å². The van der Waals surface area contributed by atoms with E-state index in [0.717, 1.165) is 12.0 Å². The van der Waals surface area contributed by atoms with Crippen molar-refractivity contribution in [3.8, 4) is 0 Å².